The van der Waals surface area contributed by atoms with Crippen LogP contribution in [0.3, 0.4) is 0 Å². The highest BCUT2D eigenvalue weighted by Gasteiger charge is 2.03. The second-order valence-electron chi connectivity index (χ2n) is 3.06. The predicted octanol–water partition coefficient (Wildman–Crippen LogP) is 3.35. The first-order chi connectivity index (χ1) is 7.79. The van der Waals surface area contributed by atoms with E-state index in [4.69, 9.17) is 5.26 Å². The Morgan fingerprint density at radius 3 is 2.69 bits per heavy atom. The average molecular weight is 230 g/mol. The maximum Gasteiger partial charge on any atom is 0.133 e. The van der Waals surface area contributed by atoms with Gasteiger partial charge >= 0.3 is 0 Å². The quantitative estimate of drug-likeness (QED) is 0.742. The number of allylic oxidation sites excluding steroid dienone is 1. The number of aromatic nitrogens is 1. The number of halogens is 1. The molecule has 0 radical (unpaired) electrons. The first kappa shape index (κ1) is 10.5. The van der Waals surface area contributed by atoms with Crippen LogP contribution in [0, 0.1) is 17.1 Å². The topological polar surface area (TPSA) is 36.7 Å². The maximum absolute atomic E-state index is 12.7. The Morgan fingerprint density at radius 1 is 1.38 bits per heavy atom. The first-order valence-electron chi connectivity index (χ1n) is 4.57. The SMILES string of the molecule is N#C/C(=C\c1ccc(F)cc1)c1nccs1. The van der Waals surface area contributed by atoms with Gasteiger partial charge in [0, 0.05) is 11.6 Å². The fourth-order valence-corrected chi connectivity index (χ4v) is 1.83. The fourth-order valence-electron chi connectivity index (χ4n) is 1.22. The molecule has 0 bridgehead atoms. The molecule has 0 N–H and O–H groups in total. The third-order valence-electron chi connectivity index (χ3n) is 1.96. The van der Waals surface area contributed by atoms with Gasteiger partial charge in [-0.2, -0.15) is 5.26 Å². The Balaban J connectivity index is 2.36. The van der Waals surface area contributed by atoms with Crippen molar-refractivity contribution in [1.82, 2.24) is 4.98 Å². The summed E-state index contributed by atoms with van der Waals surface area (Å²) in [6, 6.07) is 8.06. The lowest BCUT2D eigenvalue weighted by molar-refractivity contribution is 0.628. The molecule has 0 unspecified atom stereocenters. The molecule has 16 heavy (non-hydrogen) atoms. The molecule has 2 rings (SSSR count). The monoisotopic (exact) mass is 230 g/mol. The molecule has 4 heteroatoms. The number of benzene rings is 1. The van der Waals surface area contributed by atoms with Crippen LogP contribution in [0.1, 0.15) is 10.6 Å². The van der Waals surface area contributed by atoms with Crippen LogP contribution in [0.15, 0.2) is 35.8 Å². The highest BCUT2D eigenvalue weighted by Crippen LogP contribution is 2.19. The molecule has 0 fully saturated rings. The molecule has 0 aliphatic rings. The van der Waals surface area contributed by atoms with Crippen molar-refractivity contribution in [3.05, 3.63) is 52.2 Å². The summed E-state index contributed by atoms with van der Waals surface area (Å²) in [7, 11) is 0. The Kier molecular flexibility index (Phi) is 3.08. The van der Waals surface area contributed by atoms with Gasteiger partial charge in [-0.3, -0.25) is 0 Å². The number of rotatable bonds is 2. The van der Waals surface area contributed by atoms with Crippen LogP contribution in [-0.4, -0.2) is 4.98 Å². The van der Waals surface area contributed by atoms with Crippen molar-refractivity contribution in [2.45, 2.75) is 0 Å². The second kappa shape index (κ2) is 4.69. The van der Waals surface area contributed by atoms with Gasteiger partial charge in [-0.15, -0.1) is 11.3 Å². The van der Waals surface area contributed by atoms with Crippen LogP contribution < -0.4 is 0 Å². The molecule has 0 saturated carbocycles. The molecule has 2 aromatic rings. The third-order valence-corrected chi connectivity index (χ3v) is 2.77. The van der Waals surface area contributed by atoms with Gasteiger partial charge in [0.1, 0.15) is 16.9 Å². The normalized spacial score (nSPS) is 11.1. The number of hydrogen-bond acceptors (Lipinski definition) is 3. The van der Waals surface area contributed by atoms with E-state index in [1.165, 1.54) is 23.5 Å². The van der Waals surface area contributed by atoms with Crippen molar-refractivity contribution in [3.8, 4) is 6.07 Å². The summed E-state index contributed by atoms with van der Waals surface area (Å²) in [6.45, 7) is 0. The van der Waals surface area contributed by atoms with E-state index in [1.54, 1.807) is 24.4 Å². The van der Waals surface area contributed by atoms with Crippen LogP contribution in [0.2, 0.25) is 0 Å². The Labute approximate surface area is 96.3 Å². The zero-order valence-electron chi connectivity index (χ0n) is 8.22. The van der Waals surface area contributed by atoms with Crippen LogP contribution >= 0.6 is 11.3 Å². The summed E-state index contributed by atoms with van der Waals surface area (Å²) in [5.41, 5.74) is 1.27. The molecule has 0 amide bonds. The van der Waals surface area contributed by atoms with Crippen LogP contribution in [0.5, 0.6) is 0 Å². The summed E-state index contributed by atoms with van der Waals surface area (Å²) in [4.78, 5) is 4.05. The average Bonchev–Trinajstić information content (AvgIpc) is 2.82. The molecule has 0 saturated heterocycles. The number of hydrogen-bond donors (Lipinski definition) is 0. The van der Waals surface area contributed by atoms with Gasteiger partial charge in [0.25, 0.3) is 0 Å². The summed E-state index contributed by atoms with van der Waals surface area (Å²) in [5, 5.41) is 11.5. The molecular formula is C12H7FN2S. The largest absolute Gasteiger partial charge is 0.244 e. The third kappa shape index (κ3) is 2.33. The molecule has 78 valence electrons. The van der Waals surface area contributed by atoms with Gasteiger partial charge in [-0.1, -0.05) is 12.1 Å². The first-order valence-corrected chi connectivity index (χ1v) is 5.45. The van der Waals surface area contributed by atoms with Crippen LogP contribution in [0.4, 0.5) is 4.39 Å². The van der Waals surface area contributed by atoms with E-state index in [9.17, 15) is 4.39 Å². The highest BCUT2D eigenvalue weighted by molar-refractivity contribution is 7.10. The van der Waals surface area contributed by atoms with E-state index < -0.39 is 0 Å². The second-order valence-corrected chi connectivity index (χ2v) is 3.95. The van der Waals surface area contributed by atoms with E-state index in [0.717, 1.165) is 5.56 Å². The molecule has 0 spiro atoms. The lowest BCUT2D eigenvalue weighted by Crippen LogP contribution is -1.80. The lowest BCUT2D eigenvalue weighted by Gasteiger charge is -1.95. The zero-order chi connectivity index (χ0) is 11.4. The van der Waals surface area contributed by atoms with Crippen LogP contribution in [-0.2, 0) is 0 Å². The molecule has 0 atom stereocenters. The summed E-state index contributed by atoms with van der Waals surface area (Å²) < 4.78 is 12.7. The minimum Gasteiger partial charge on any atom is -0.244 e. The van der Waals surface area contributed by atoms with Crippen molar-refractivity contribution in [1.29, 1.82) is 5.26 Å². The number of thiazole rings is 1. The predicted molar refractivity (Wildman–Crippen MR) is 62.0 cm³/mol. The standard InChI is InChI=1S/C12H7FN2S/c13-11-3-1-9(2-4-11)7-10(8-14)12-15-5-6-16-12/h1-7H/b10-7+. The number of nitriles is 1. The van der Waals surface area contributed by atoms with Crippen molar-refractivity contribution in [3.63, 3.8) is 0 Å². The Hall–Kier alpha value is -1.99. The molecule has 2 nitrogen and oxygen atoms in total. The summed E-state index contributed by atoms with van der Waals surface area (Å²) >= 11 is 1.40. The van der Waals surface area contributed by atoms with E-state index >= 15 is 0 Å². The van der Waals surface area contributed by atoms with E-state index in [1.807, 2.05) is 5.38 Å². The molecule has 0 aliphatic heterocycles. The molecular weight excluding hydrogens is 223 g/mol. The van der Waals surface area contributed by atoms with E-state index in [0.29, 0.717) is 10.6 Å². The molecule has 0 aliphatic carbocycles. The summed E-state index contributed by atoms with van der Waals surface area (Å²) in [6.07, 6.45) is 3.34. The lowest BCUT2D eigenvalue weighted by atomic mass is 10.1. The molecule has 1 aromatic heterocycles. The fraction of sp³-hybridized carbons (Fsp3) is 0. The number of nitrogens with zero attached hydrogens (tertiary/aromatic N) is 2. The molecule has 1 aromatic carbocycles. The van der Waals surface area contributed by atoms with Gasteiger partial charge in [0.15, 0.2) is 0 Å². The van der Waals surface area contributed by atoms with Crippen molar-refractivity contribution < 1.29 is 4.39 Å². The van der Waals surface area contributed by atoms with E-state index in [-0.39, 0.29) is 5.82 Å². The minimum atomic E-state index is -0.287. The van der Waals surface area contributed by atoms with Crippen molar-refractivity contribution >= 4 is 23.0 Å². The van der Waals surface area contributed by atoms with Gasteiger partial charge in [-0.05, 0) is 23.8 Å². The summed E-state index contributed by atoms with van der Waals surface area (Å²) in [5.74, 6) is -0.287. The molecule has 1 heterocycles. The Morgan fingerprint density at radius 2 is 2.12 bits per heavy atom. The Bertz CT molecular complexity index is 535. The highest BCUT2D eigenvalue weighted by atomic mass is 32.1. The zero-order valence-corrected chi connectivity index (χ0v) is 9.04. The maximum atomic E-state index is 12.7. The van der Waals surface area contributed by atoms with Crippen molar-refractivity contribution in [2.24, 2.45) is 0 Å². The van der Waals surface area contributed by atoms with E-state index in [2.05, 4.69) is 11.1 Å². The smallest absolute Gasteiger partial charge is 0.133 e. The van der Waals surface area contributed by atoms with Crippen molar-refractivity contribution in [2.75, 3.05) is 0 Å². The van der Waals surface area contributed by atoms with Crippen LogP contribution in [0.25, 0.3) is 11.6 Å². The van der Waals surface area contributed by atoms with Gasteiger partial charge < -0.3 is 0 Å². The van der Waals surface area contributed by atoms with Gasteiger partial charge in [0.2, 0.25) is 0 Å². The van der Waals surface area contributed by atoms with Gasteiger partial charge in [-0.25, -0.2) is 9.37 Å². The minimum absolute atomic E-state index is 0.287. The van der Waals surface area contributed by atoms with Gasteiger partial charge in [0.05, 0.1) is 5.57 Å².